The molecule has 1 aliphatic heterocycles. The molecule has 8 nitrogen and oxygen atoms in total. The topological polar surface area (TPSA) is 97.2 Å². The molecule has 0 spiro atoms. The smallest absolute Gasteiger partial charge is 0.262 e. The predicted molar refractivity (Wildman–Crippen MR) is 102 cm³/mol. The minimum Gasteiger partial charge on any atom is -0.334 e. The van der Waals surface area contributed by atoms with Crippen molar-refractivity contribution >= 4 is 21.7 Å². The highest BCUT2D eigenvalue weighted by atomic mass is 32.2. The molecule has 1 fully saturated rings. The maximum atomic E-state index is 12.9. The molecule has 3 rings (SSSR count). The van der Waals surface area contributed by atoms with Gasteiger partial charge in [0.25, 0.3) is 10.0 Å². The van der Waals surface area contributed by atoms with Gasteiger partial charge in [-0.25, -0.2) is 18.4 Å². The van der Waals surface area contributed by atoms with Crippen LogP contribution in [0.25, 0.3) is 0 Å². The van der Waals surface area contributed by atoms with Crippen molar-refractivity contribution in [2.75, 3.05) is 18.4 Å². The van der Waals surface area contributed by atoms with Crippen LogP contribution in [0, 0.1) is 12.8 Å². The number of amides is 1. The van der Waals surface area contributed by atoms with Crippen LogP contribution in [0.2, 0.25) is 0 Å². The van der Waals surface area contributed by atoms with Gasteiger partial charge < -0.3 is 9.88 Å². The Hall–Kier alpha value is -2.26. The molecular formula is C18H25N5O3S. The van der Waals surface area contributed by atoms with Crippen LogP contribution < -0.4 is 5.32 Å². The average Bonchev–Trinajstić information content (AvgIpc) is 3.13. The van der Waals surface area contributed by atoms with E-state index in [0.717, 1.165) is 5.69 Å². The molecule has 0 unspecified atom stereocenters. The molecule has 2 aromatic rings. The Morgan fingerprint density at radius 2 is 2.11 bits per heavy atom. The lowest BCUT2D eigenvalue weighted by molar-refractivity contribution is -0.120. The van der Waals surface area contributed by atoms with Crippen molar-refractivity contribution in [3.05, 3.63) is 36.4 Å². The fourth-order valence-corrected chi connectivity index (χ4v) is 4.53. The maximum absolute atomic E-state index is 12.9. The molecule has 27 heavy (non-hydrogen) atoms. The molecule has 2 aromatic heterocycles. The number of hydrogen-bond acceptors (Lipinski definition) is 5. The summed E-state index contributed by atoms with van der Waals surface area (Å²) in [5.74, 6) is -0.139. The van der Waals surface area contributed by atoms with Crippen LogP contribution in [0.4, 0.5) is 5.82 Å². The number of hydrogen-bond donors (Lipinski definition) is 1. The highest BCUT2D eigenvalue weighted by molar-refractivity contribution is 7.89. The number of carbonyl (C=O) groups excluding carboxylic acids is 1. The number of imidazole rings is 1. The first kappa shape index (κ1) is 19.5. The van der Waals surface area contributed by atoms with Gasteiger partial charge in [0.15, 0.2) is 5.03 Å². The summed E-state index contributed by atoms with van der Waals surface area (Å²) in [5, 5.41) is 2.82. The van der Waals surface area contributed by atoms with E-state index < -0.39 is 15.9 Å². The molecule has 1 N–H and O–H groups in total. The maximum Gasteiger partial charge on any atom is 0.262 e. The molecule has 0 aromatic carbocycles. The zero-order valence-electron chi connectivity index (χ0n) is 15.8. The van der Waals surface area contributed by atoms with Gasteiger partial charge in [-0.3, -0.25) is 4.79 Å². The van der Waals surface area contributed by atoms with Gasteiger partial charge >= 0.3 is 0 Å². The first-order valence-corrected chi connectivity index (χ1v) is 10.5. The summed E-state index contributed by atoms with van der Waals surface area (Å²) in [7, 11) is -3.71. The average molecular weight is 391 g/mol. The Bertz CT molecular complexity index is 923. The number of rotatable bonds is 5. The standard InChI is InChI=1S/C18H25N5O3S/c1-13(2)22-11-17(19-12-22)27(25,26)23-9-5-7-15(10-23)18(24)21-16-8-4-6-14(3)20-16/h4,6,8,11-13,15H,5,7,9-10H2,1-3H3,(H,20,21,24)/t15-/m1/s1. The Morgan fingerprint density at radius 3 is 2.78 bits per heavy atom. The van der Waals surface area contributed by atoms with E-state index in [4.69, 9.17) is 0 Å². The fourth-order valence-electron chi connectivity index (χ4n) is 3.08. The normalized spacial score (nSPS) is 18.6. The first-order valence-electron chi connectivity index (χ1n) is 9.05. The van der Waals surface area contributed by atoms with Crippen molar-refractivity contribution in [2.45, 2.75) is 44.7 Å². The molecule has 0 aliphatic carbocycles. The van der Waals surface area contributed by atoms with Gasteiger partial charge in [0.2, 0.25) is 5.91 Å². The third-order valence-electron chi connectivity index (χ3n) is 4.67. The van der Waals surface area contributed by atoms with Gasteiger partial charge in [-0.05, 0) is 45.7 Å². The first-order chi connectivity index (χ1) is 12.8. The molecule has 3 heterocycles. The summed E-state index contributed by atoms with van der Waals surface area (Å²) in [6, 6.07) is 5.52. The Kier molecular flexibility index (Phi) is 5.61. The van der Waals surface area contributed by atoms with Crippen molar-refractivity contribution in [3.63, 3.8) is 0 Å². The van der Waals surface area contributed by atoms with E-state index in [2.05, 4.69) is 15.3 Å². The number of sulfonamides is 1. The third-order valence-corrected chi connectivity index (χ3v) is 6.42. The molecule has 0 bridgehead atoms. The number of piperidine rings is 1. The number of carbonyl (C=O) groups is 1. The summed E-state index contributed by atoms with van der Waals surface area (Å²) < 4.78 is 28.9. The highest BCUT2D eigenvalue weighted by Crippen LogP contribution is 2.24. The van der Waals surface area contributed by atoms with E-state index >= 15 is 0 Å². The molecule has 1 saturated heterocycles. The summed E-state index contributed by atoms with van der Waals surface area (Å²) in [4.78, 5) is 20.9. The molecule has 9 heteroatoms. The van der Waals surface area contributed by atoms with Crippen LogP contribution in [0.5, 0.6) is 0 Å². The summed E-state index contributed by atoms with van der Waals surface area (Å²) in [6.45, 7) is 6.30. The monoisotopic (exact) mass is 391 g/mol. The van der Waals surface area contributed by atoms with Gasteiger partial charge in [-0.1, -0.05) is 6.07 Å². The number of aromatic nitrogens is 3. The minimum atomic E-state index is -3.71. The van der Waals surface area contributed by atoms with E-state index in [1.54, 1.807) is 16.8 Å². The van der Waals surface area contributed by atoms with Crippen molar-refractivity contribution in [2.24, 2.45) is 5.92 Å². The number of aryl methyl sites for hydroxylation is 1. The van der Waals surface area contributed by atoms with Gasteiger partial charge in [0, 0.05) is 31.0 Å². The van der Waals surface area contributed by atoms with Gasteiger partial charge in [0.1, 0.15) is 5.82 Å². The lowest BCUT2D eigenvalue weighted by Crippen LogP contribution is -2.43. The Morgan fingerprint density at radius 1 is 1.33 bits per heavy atom. The summed E-state index contributed by atoms with van der Waals surface area (Å²) >= 11 is 0. The van der Waals surface area contributed by atoms with Crippen molar-refractivity contribution < 1.29 is 13.2 Å². The second-order valence-corrected chi connectivity index (χ2v) is 8.99. The Balaban J connectivity index is 1.71. The molecule has 1 atom stereocenters. The largest absolute Gasteiger partial charge is 0.334 e. The van der Waals surface area contributed by atoms with Gasteiger partial charge in [0.05, 0.1) is 12.2 Å². The highest BCUT2D eigenvalue weighted by Gasteiger charge is 2.34. The molecule has 1 amide bonds. The Labute approximate surface area is 159 Å². The zero-order chi connectivity index (χ0) is 19.6. The molecule has 0 radical (unpaired) electrons. The molecule has 1 aliphatic rings. The number of anilines is 1. The van der Waals surface area contributed by atoms with E-state index in [9.17, 15) is 13.2 Å². The zero-order valence-corrected chi connectivity index (χ0v) is 16.6. The lowest BCUT2D eigenvalue weighted by Gasteiger charge is -2.30. The van der Waals surface area contributed by atoms with Crippen LogP contribution in [0.1, 0.15) is 38.4 Å². The number of pyridine rings is 1. The quantitative estimate of drug-likeness (QED) is 0.843. The molecule has 0 saturated carbocycles. The second-order valence-electron chi connectivity index (χ2n) is 7.11. The number of nitrogens with zero attached hydrogens (tertiary/aromatic N) is 4. The van der Waals surface area contributed by atoms with E-state index in [-0.39, 0.29) is 23.5 Å². The van der Waals surface area contributed by atoms with Crippen LogP contribution >= 0.6 is 0 Å². The van der Waals surface area contributed by atoms with Crippen LogP contribution in [0.15, 0.2) is 35.7 Å². The van der Waals surface area contributed by atoms with Crippen molar-refractivity contribution in [1.29, 1.82) is 0 Å². The molecular weight excluding hydrogens is 366 g/mol. The minimum absolute atomic E-state index is 0.0256. The van der Waals surface area contributed by atoms with Crippen molar-refractivity contribution in [1.82, 2.24) is 18.8 Å². The molecule has 146 valence electrons. The van der Waals surface area contributed by atoms with Crippen LogP contribution in [0.3, 0.4) is 0 Å². The summed E-state index contributed by atoms with van der Waals surface area (Å²) in [5.41, 5.74) is 0.807. The number of nitrogens with one attached hydrogen (secondary N) is 1. The van der Waals surface area contributed by atoms with E-state index in [1.165, 1.54) is 10.6 Å². The van der Waals surface area contributed by atoms with Crippen LogP contribution in [-0.4, -0.2) is 46.3 Å². The SMILES string of the molecule is Cc1cccc(NC(=O)[C@@H]2CCCN(S(=O)(=O)c3cn(C(C)C)cn3)C2)n1. The van der Waals surface area contributed by atoms with Crippen LogP contribution in [-0.2, 0) is 14.8 Å². The lowest BCUT2D eigenvalue weighted by atomic mass is 9.99. The van der Waals surface area contributed by atoms with E-state index in [1.807, 2.05) is 32.9 Å². The van der Waals surface area contributed by atoms with E-state index in [0.29, 0.717) is 25.2 Å². The predicted octanol–water partition coefficient (Wildman–Crippen LogP) is 2.21. The summed E-state index contributed by atoms with van der Waals surface area (Å²) in [6.07, 6.45) is 4.34. The van der Waals surface area contributed by atoms with Crippen molar-refractivity contribution in [3.8, 4) is 0 Å². The van der Waals surface area contributed by atoms with Gasteiger partial charge in [-0.15, -0.1) is 0 Å². The third kappa shape index (κ3) is 4.36. The fraction of sp³-hybridized carbons (Fsp3) is 0.500. The van der Waals surface area contributed by atoms with Gasteiger partial charge in [-0.2, -0.15) is 4.31 Å². The second kappa shape index (κ2) is 7.77.